The average Bonchev–Trinajstić information content (AvgIpc) is 3.43. The van der Waals surface area contributed by atoms with Gasteiger partial charge in [0.1, 0.15) is 0 Å². The van der Waals surface area contributed by atoms with E-state index in [0.29, 0.717) is 5.41 Å². The highest BCUT2D eigenvalue weighted by Gasteiger charge is 2.35. The van der Waals surface area contributed by atoms with Crippen LogP contribution in [-0.2, 0) is 0 Å². The predicted molar refractivity (Wildman–Crippen MR) is 211 cm³/mol. The second kappa shape index (κ2) is 35.6. The van der Waals surface area contributed by atoms with Gasteiger partial charge < -0.3 is 0 Å². The maximum absolute atomic E-state index is 2.62. The molecule has 2 aliphatic carbocycles. The molecule has 2 aliphatic rings. The first-order valence-corrected chi connectivity index (χ1v) is 20.6. The average molecular weight is 623 g/mol. The minimum Gasteiger partial charge on any atom is -0.0845 e. The van der Waals surface area contributed by atoms with E-state index in [1.54, 1.807) is 5.57 Å². The number of hydrogen-bond donors (Lipinski definition) is 0. The molecule has 1 saturated carbocycles. The second-order valence-corrected chi connectivity index (χ2v) is 15.2. The van der Waals surface area contributed by atoms with E-state index in [1.807, 2.05) is 13.8 Å². The van der Waals surface area contributed by atoms with E-state index in [1.165, 1.54) is 116 Å². The van der Waals surface area contributed by atoms with Gasteiger partial charge in [-0.3, -0.25) is 0 Å². The normalized spacial score (nSPS) is 21.5. The number of allylic oxidation sites excluding steroid dienone is 2. The molecule has 270 valence electrons. The molecule has 1 fully saturated rings. The monoisotopic (exact) mass is 623 g/mol. The summed E-state index contributed by atoms with van der Waals surface area (Å²) in [7, 11) is 0. The fourth-order valence-electron chi connectivity index (χ4n) is 5.95. The molecule has 6 unspecified atom stereocenters. The first kappa shape index (κ1) is 50.6. The third-order valence-electron chi connectivity index (χ3n) is 10.0. The lowest BCUT2D eigenvalue weighted by Crippen LogP contribution is -2.29. The Morgan fingerprint density at radius 2 is 1.27 bits per heavy atom. The molecular weight excluding hydrogens is 528 g/mol. The third kappa shape index (κ3) is 29.2. The molecular formula is C44H94. The molecule has 0 nitrogen and oxygen atoms in total. The lowest BCUT2D eigenvalue weighted by atomic mass is 9.64. The van der Waals surface area contributed by atoms with E-state index < -0.39 is 0 Å². The maximum Gasteiger partial charge on any atom is -0.00909 e. The van der Waals surface area contributed by atoms with Crippen molar-refractivity contribution in [1.29, 1.82) is 0 Å². The second-order valence-electron chi connectivity index (χ2n) is 15.2. The molecule has 0 radical (unpaired) electrons. The van der Waals surface area contributed by atoms with E-state index in [2.05, 4.69) is 110 Å². The highest BCUT2D eigenvalue weighted by atomic mass is 14.4. The summed E-state index contributed by atoms with van der Waals surface area (Å²) in [5.74, 6) is 5.61. The molecule has 0 spiro atoms. The summed E-state index contributed by atoms with van der Waals surface area (Å²) in [6, 6.07) is 0. The predicted octanol–water partition coefficient (Wildman–Crippen LogP) is 16.9. The summed E-state index contributed by atoms with van der Waals surface area (Å²) in [5, 5.41) is 0. The van der Waals surface area contributed by atoms with Gasteiger partial charge in [0.15, 0.2) is 0 Å². The third-order valence-corrected chi connectivity index (χ3v) is 10.0. The molecule has 0 heteroatoms. The first-order valence-electron chi connectivity index (χ1n) is 20.6. The SMILES string of the molecule is CC.CCC.CCC.CCC(C)C.CCC(C)C(C)(CCCC1CCC(C)C1)C1=CCC(C)CC1.CCCCCC(C)CC. The van der Waals surface area contributed by atoms with Crippen molar-refractivity contribution in [1.82, 2.24) is 0 Å². The Bertz CT molecular complexity index is 554. The fourth-order valence-corrected chi connectivity index (χ4v) is 5.95. The Kier molecular flexibility index (Phi) is 40.9. The largest absolute Gasteiger partial charge is 0.0845 e. The summed E-state index contributed by atoms with van der Waals surface area (Å²) >= 11 is 0. The van der Waals surface area contributed by atoms with Crippen molar-refractivity contribution < 1.29 is 0 Å². The van der Waals surface area contributed by atoms with Crippen molar-refractivity contribution in [3.8, 4) is 0 Å². The summed E-state index contributed by atoms with van der Waals surface area (Å²) in [4.78, 5) is 0. The van der Waals surface area contributed by atoms with Crippen molar-refractivity contribution >= 4 is 0 Å². The van der Waals surface area contributed by atoms with Gasteiger partial charge in [-0.05, 0) is 73.0 Å². The molecule has 0 amide bonds. The van der Waals surface area contributed by atoms with Gasteiger partial charge in [0, 0.05) is 0 Å². The zero-order valence-corrected chi connectivity index (χ0v) is 34.8. The van der Waals surface area contributed by atoms with Crippen LogP contribution in [0.25, 0.3) is 0 Å². The van der Waals surface area contributed by atoms with Crippen LogP contribution in [-0.4, -0.2) is 0 Å². The molecule has 0 aromatic rings. The number of hydrogen-bond acceptors (Lipinski definition) is 0. The van der Waals surface area contributed by atoms with Crippen LogP contribution in [0.15, 0.2) is 11.6 Å². The van der Waals surface area contributed by atoms with Crippen LogP contribution >= 0.6 is 0 Å². The van der Waals surface area contributed by atoms with Gasteiger partial charge in [-0.1, -0.05) is 213 Å². The lowest BCUT2D eigenvalue weighted by Gasteiger charge is -2.40. The Balaban J connectivity index is -0.000000300. The van der Waals surface area contributed by atoms with Gasteiger partial charge in [0.2, 0.25) is 0 Å². The van der Waals surface area contributed by atoms with Crippen LogP contribution in [0.2, 0.25) is 0 Å². The zero-order valence-electron chi connectivity index (χ0n) is 34.8. The Morgan fingerprint density at radius 1 is 0.727 bits per heavy atom. The highest BCUT2D eigenvalue weighted by molar-refractivity contribution is 5.17. The van der Waals surface area contributed by atoms with Crippen LogP contribution in [0, 0.1) is 40.9 Å². The van der Waals surface area contributed by atoms with Crippen molar-refractivity contribution in [2.75, 3.05) is 0 Å². The molecule has 0 aromatic heterocycles. The highest BCUT2D eigenvalue weighted by Crippen LogP contribution is 2.47. The van der Waals surface area contributed by atoms with E-state index in [-0.39, 0.29) is 0 Å². The molecule has 0 heterocycles. The summed E-state index contributed by atoms with van der Waals surface area (Å²) in [6.45, 7) is 38.3. The van der Waals surface area contributed by atoms with Gasteiger partial charge in [-0.2, -0.15) is 0 Å². The number of rotatable bonds is 13. The molecule has 0 aliphatic heterocycles. The van der Waals surface area contributed by atoms with Gasteiger partial charge in [-0.15, -0.1) is 0 Å². The van der Waals surface area contributed by atoms with Gasteiger partial charge in [0.25, 0.3) is 0 Å². The molecule has 0 bridgehead atoms. The lowest BCUT2D eigenvalue weighted by molar-refractivity contribution is 0.204. The van der Waals surface area contributed by atoms with E-state index >= 15 is 0 Å². The standard InChI is InChI=1S/C22H40.C9H20.C5H12.2C3H8.C2H6/c1-6-19(4)22(5,21-13-10-17(2)11-14-21)15-7-8-20-12-9-18(3)16-20;1-4-6-7-8-9(3)5-2;1-4-5(2)3;2*1-3-2;1-2/h13,17-20H,6-12,14-16H2,1-5H3;9H,4-8H2,1-3H3;5H,4H2,1-3H3;2*3H2,1-2H3;1-2H3. The van der Waals surface area contributed by atoms with Crippen LogP contribution < -0.4 is 0 Å². The fraction of sp³-hybridized carbons (Fsp3) is 0.955. The Morgan fingerprint density at radius 3 is 1.64 bits per heavy atom. The maximum atomic E-state index is 2.62. The first-order chi connectivity index (χ1) is 20.9. The van der Waals surface area contributed by atoms with Crippen molar-refractivity contribution in [2.45, 2.75) is 233 Å². The minimum atomic E-state index is 0.471. The van der Waals surface area contributed by atoms with Crippen LogP contribution in [0.5, 0.6) is 0 Å². The Hall–Kier alpha value is -0.260. The molecule has 2 rings (SSSR count). The van der Waals surface area contributed by atoms with Gasteiger partial charge in [0.05, 0.1) is 0 Å². The summed E-state index contributed by atoms with van der Waals surface area (Å²) in [6.07, 6.45) is 27.7. The smallest absolute Gasteiger partial charge is 0.00909 e. The Labute approximate surface area is 285 Å². The topological polar surface area (TPSA) is 0 Å². The molecule has 0 aromatic carbocycles. The van der Waals surface area contributed by atoms with Crippen LogP contribution in [0.1, 0.15) is 233 Å². The molecule has 44 heavy (non-hydrogen) atoms. The van der Waals surface area contributed by atoms with E-state index in [4.69, 9.17) is 0 Å². The molecule has 0 saturated heterocycles. The summed E-state index contributed by atoms with van der Waals surface area (Å²) in [5.41, 5.74) is 2.28. The quantitative estimate of drug-likeness (QED) is 0.142. The van der Waals surface area contributed by atoms with Crippen LogP contribution in [0.4, 0.5) is 0 Å². The van der Waals surface area contributed by atoms with Crippen molar-refractivity contribution in [3.63, 3.8) is 0 Å². The van der Waals surface area contributed by atoms with E-state index in [0.717, 1.165) is 35.5 Å². The summed E-state index contributed by atoms with van der Waals surface area (Å²) < 4.78 is 0. The van der Waals surface area contributed by atoms with E-state index in [9.17, 15) is 0 Å². The molecule has 0 N–H and O–H groups in total. The van der Waals surface area contributed by atoms with Crippen LogP contribution in [0.3, 0.4) is 0 Å². The van der Waals surface area contributed by atoms with Gasteiger partial charge in [-0.25, -0.2) is 0 Å². The van der Waals surface area contributed by atoms with Gasteiger partial charge >= 0.3 is 0 Å². The van der Waals surface area contributed by atoms with Crippen molar-refractivity contribution in [2.24, 2.45) is 40.9 Å². The zero-order chi connectivity index (χ0) is 35.0. The minimum absolute atomic E-state index is 0.471. The molecule has 6 atom stereocenters. The number of unbranched alkanes of at least 4 members (excludes halogenated alkanes) is 2. The van der Waals surface area contributed by atoms with Crippen molar-refractivity contribution in [3.05, 3.63) is 11.6 Å².